The maximum Gasteiger partial charge on any atom is 0.322 e. The molecule has 4 nitrogen and oxygen atoms in total. The summed E-state index contributed by atoms with van der Waals surface area (Å²) in [5.74, 6) is -0.314. The second-order valence-corrected chi connectivity index (χ2v) is 6.59. The maximum absolute atomic E-state index is 13.7. The molecule has 2 amide bonds. The molecular weight excluding hydrogens is 317 g/mol. The van der Waals surface area contributed by atoms with Gasteiger partial charge in [-0.3, -0.25) is 0 Å². The van der Waals surface area contributed by atoms with Crippen molar-refractivity contribution in [3.8, 4) is 0 Å². The van der Waals surface area contributed by atoms with Crippen molar-refractivity contribution in [3.05, 3.63) is 65.1 Å². The minimum absolute atomic E-state index is 0.194. The summed E-state index contributed by atoms with van der Waals surface area (Å²) >= 11 is 0. The van der Waals surface area contributed by atoms with E-state index in [9.17, 15) is 9.18 Å². The number of carbonyl (C=O) groups excluding carboxylic acids is 1. The maximum atomic E-state index is 13.7. The van der Waals surface area contributed by atoms with E-state index >= 15 is 0 Å². The number of hydrogen-bond acceptors (Lipinski definition) is 1. The summed E-state index contributed by atoms with van der Waals surface area (Å²) in [6.45, 7) is 2.85. The summed E-state index contributed by atoms with van der Waals surface area (Å²) in [5, 5.41) is 4.10. The second-order valence-electron chi connectivity index (χ2n) is 6.59. The molecule has 1 N–H and O–H groups in total. The highest BCUT2D eigenvalue weighted by atomic mass is 19.1. The van der Waals surface area contributed by atoms with Crippen molar-refractivity contribution >= 4 is 22.6 Å². The van der Waals surface area contributed by atoms with Crippen molar-refractivity contribution in [1.82, 2.24) is 9.47 Å². The Hall–Kier alpha value is -2.82. The van der Waals surface area contributed by atoms with Crippen LogP contribution in [0.25, 0.3) is 10.9 Å². The molecule has 1 aromatic heterocycles. The number of nitrogens with zero attached hydrogens (tertiary/aromatic N) is 2. The molecule has 0 fully saturated rings. The van der Waals surface area contributed by atoms with Crippen LogP contribution in [-0.2, 0) is 20.0 Å². The average Bonchev–Trinajstić information content (AvgIpc) is 2.80. The van der Waals surface area contributed by atoms with Gasteiger partial charge in [0.05, 0.1) is 0 Å². The Balaban J connectivity index is 1.62. The third kappa shape index (κ3) is 2.65. The van der Waals surface area contributed by atoms with E-state index in [1.54, 1.807) is 24.0 Å². The quantitative estimate of drug-likeness (QED) is 0.709. The largest absolute Gasteiger partial charge is 0.350 e. The topological polar surface area (TPSA) is 37.3 Å². The lowest BCUT2D eigenvalue weighted by molar-refractivity contribution is 0.210. The predicted octanol–water partition coefficient (Wildman–Crippen LogP) is 4.22. The first-order valence-corrected chi connectivity index (χ1v) is 8.41. The molecule has 2 aromatic carbocycles. The van der Waals surface area contributed by atoms with Crippen molar-refractivity contribution in [2.75, 3.05) is 11.9 Å². The van der Waals surface area contributed by atoms with E-state index in [2.05, 4.69) is 35.3 Å². The van der Waals surface area contributed by atoms with Gasteiger partial charge < -0.3 is 14.8 Å². The van der Waals surface area contributed by atoms with Crippen molar-refractivity contribution < 1.29 is 9.18 Å². The summed E-state index contributed by atoms with van der Waals surface area (Å²) < 4.78 is 15.8. The van der Waals surface area contributed by atoms with Crippen LogP contribution in [0.15, 0.2) is 42.6 Å². The Kier molecular flexibility index (Phi) is 3.71. The first-order chi connectivity index (χ1) is 12.0. The number of aryl methyl sites for hydroxylation is 1. The monoisotopic (exact) mass is 337 g/mol. The van der Waals surface area contributed by atoms with Crippen LogP contribution in [0.5, 0.6) is 0 Å². The normalized spacial score (nSPS) is 13.8. The molecule has 0 unspecified atom stereocenters. The lowest BCUT2D eigenvalue weighted by Crippen LogP contribution is -2.35. The fourth-order valence-electron chi connectivity index (χ4n) is 3.59. The number of nitrogens with one attached hydrogen (secondary N) is 1. The standard InChI is InChI=1S/C20H20FN3O/c1-13-16(21)6-4-7-17(13)22-20(25)24-10-9-15-11-23(2)18-8-3-5-14(12-24)19(15)18/h3-8,11H,9-10,12H2,1-2H3,(H,22,25). The van der Waals surface area contributed by atoms with E-state index < -0.39 is 0 Å². The molecule has 1 aliphatic rings. The summed E-state index contributed by atoms with van der Waals surface area (Å²) in [6.07, 6.45) is 2.95. The van der Waals surface area contributed by atoms with E-state index in [0.717, 1.165) is 12.0 Å². The van der Waals surface area contributed by atoms with Crippen LogP contribution in [0, 0.1) is 12.7 Å². The zero-order valence-corrected chi connectivity index (χ0v) is 14.3. The Morgan fingerprint density at radius 3 is 2.80 bits per heavy atom. The van der Waals surface area contributed by atoms with Crippen molar-refractivity contribution in [2.24, 2.45) is 7.05 Å². The van der Waals surface area contributed by atoms with Gasteiger partial charge in [0.25, 0.3) is 0 Å². The Bertz CT molecular complexity index is 976. The van der Waals surface area contributed by atoms with Gasteiger partial charge in [-0.1, -0.05) is 18.2 Å². The molecule has 2 heterocycles. The highest BCUT2D eigenvalue weighted by Gasteiger charge is 2.22. The van der Waals surface area contributed by atoms with E-state index in [1.165, 1.54) is 22.5 Å². The fourth-order valence-corrected chi connectivity index (χ4v) is 3.59. The minimum atomic E-state index is -0.314. The number of urea groups is 1. The molecule has 0 saturated heterocycles. The van der Waals surface area contributed by atoms with Crippen molar-refractivity contribution in [2.45, 2.75) is 19.9 Å². The van der Waals surface area contributed by atoms with Gasteiger partial charge in [-0.2, -0.15) is 0 Å². The zero-order valence-electron chi connectivity index (χ0n) is 14.3. The predicted molar refractivity (Wildman–Crippen MR) is 97.2 cm³/mol. The van der Waals surface area contributed by atoms with Crippen LogP contribution in [0.4, 0.5) is 14.9 Å². The first-order valence-electron chi connectivity index (χ1n) is 8.41. The third-order valence-corrected chi connectivity index (χ3v) is 4.99. The Labute approximate surface area is 145 Å². The van der Waals surface area contributed by atoms with Gasteiger partial charge in [0.15, 0.2) is 0 Å². The van der Waals surface area contributed by atoms with Crippen LogP contribution in [-0.4, -0.2) is 22.0 Å². The zero-order chi connectivity index (χ0) is 17.6. The molecule has 25 heavy (non-hydrogen) atoms. The number of halogens is 1. The van der Waals surface area contributed by atoms with Gasteiger partial charge in [0.2, 0.25) is 0 Å². The summed E-state index contributed by atoms with van der Waals surface area (Å²) in [6, 6.07) is 10.7. The van der Waals surface area contributed by atoms with Gasteiger partial charge >= 0.3 is 6.03 Å². The van der Waals surface area contributed by atoms with E-state index in [4.69, 9.17) is 0 Å². The smallest absolute Gasteiger partial charge is 0.322 e. The number of aromatic nitrogens is 1. The number of carbonyl (C=O) groups is 1. The van der Waals surface area contributed by atoms with Crippen molar-refractivity contribution in [1.29, 1.82) is 0 Å². The van der Waals surface area contributed by atoms with Gasteiger partial charge in [0, 0.05) is 48.5 Å². The molecule has 0 atom stereocenters. The number of benzene rings is 2. The van der Waals surface area contributed by atoms with Crippen LogP contribution in [0.2, 0.25) is 0 Å². The van der Waals surface area contributed by atoms with Gasteiger partial charge in [0.1, 0.15) is 5.82 Å². The molecule has 0 saturated carbocycles. The molecular formula is C20H20FN3O. The number of rotatable bonds is 1. The fraction of sp³-hybridized carbons (Fsp3) is 0.250. The molecule has 0 spiro atoms. The molecule has 0 bridgehead atoms. The van der Waals surface area contributed by atoms with Crippen molar-refractivity contribution in [3.63, 3.8) is 0 Å². The minimum Gasteiger partial charge on any atom is -0.350 e. The average molecular weight is 337 g/mol. The van der Waals surface area contributed by atoms with Crippen LogP contribution >= 0.6 is 0 Å². The van der Waals surface area contributed by atoms with Gasteiger partial charge in [-0.05, 0) is 42.7 Å². The molecule has 3 aromatic rings. The molecule has 0 aliphatic carbocycles. The summed E-state index contributed by atoms with van der Waals surface area (Å²) in [5.41, 5.74) is 4.58. The second kappa shape index (κ2) is 5.92. The Morgan fingerprint density at radius 1 is 1.16 bits per heavy atom. The van der Waals surface area contributed by atoms with Crippen LogP contribution < -0.4 is 5.32 Å². The molecule has 0 radical (unpaired) electrons. The highest BCUT2D eigenvalue weighted by molar-refractivity contribution is 5.92. The molecule has 5 heteroatoms. The lowest BCUT2D eigenvalue weighted by Gasteiger charge is -2.22. The number of hydrogen-bond donors (Lipinski definition) is 1. The molecule has 1 aliphatic heterocycles. The van der Waals surface area contributed by atoms with E-state index in [0.29, 0.717) is 24.3 Å². The summed E-state index contributed by atoms with van der Waals surface area (Å²) in [7, 11) is 2.05. The highest BCUT2D eigenvalue weighted by Crippen LogP contribution is 2.29. The van der Waals surface area contributed by atoms with Crippen LogP contribution in [0.3, 0.4) is 0 Å². The molecule has 4 rings (SSSR count). The van der Waals surface area contributed by atoms with Gasteiger partial charge in [-0.25, -0.2) is 9.18 Å². The molecule has 128 valence electrons. The third-order valence-electron chi connectivity index (χ3n) is 4.99. The SMILES string of the molecule is Cc1c(F)cccc1NC(=O)N1CCc2cn(C)c3cccc(c23)C1. The van der Waals surface area contributed by atoms with Crippen LogP contribution in [0.1, 0.15) is 16.7 Å². The summed E-state index contributed by atoms with van der Waals surface area (Å²) in [4.78, 5) is 14.5. The van der Waals surface area contributed by atoms with Gasteiger partial charge in [-0.15, -0.1) is 0 Å². The number of anilines is 1. The van der Waals surface area contributed by atoms with E-state index in [1.807, 2.05) is 6.07 Å². The Morgan fingerprint density at radius 2 is 1.96 bits per heavy atom. The first kappa shape index (κ1) is 15.7. The lowest BCUT2D eigenvalue weighted by atomic mass is 10.1. The van der Waals surface area contributed by atoms with E-state index in [-0.39, 0.29) is 11.8 Å². The number of amides is 2.